The van der Waals surface area contributed by atoms with Crippen LogP contribution in [-0.4, -0.2) is 56.4 Å². The molecular weight excluding hydrogens is 380 g/mol. The molecule has 1 saturated heterocycles. The fourth-order valence-electron chi connectivity index (χ4n) is 3.99. The number of nitrogens with one attached hydrogen (secondary N) is 1. The molecule has 30 heavy (non-hydrogen) atoms. The topological polar surface area (TPSA) is 86.6 Å². The van der Waals surface area contributed by atoms with E-state index in [0.29, 0.717) is 24.2 Å². The van der Waals surface area contributed by atoms with Crippen molar-refractivity contribution in [1.82, 2.24) is 24.5 Å². The summed E-state index contributed by atoms with van der Waals surface area (Å²) in [6.45, 7) is 10.3. The molecule has 4 rings (SSSR count). The van der Waals surface area contributed by atoms with Crippen LogP contribution < -0.4 is 10.5 Å². The minimum Gasteiger partial charge on any atom is -0.368 e. The summed E-state index contributed by atoms with van der Waals surface area (Å²) in [7, 11) is 0. The largest absolute Gasteiger partial charge is 0.368 e. The second-order valence-electron chi connectivity index (χ2n) is 7.77. The highest BCUT2D eigenvalue weighted by Crippen LogP contribution is 2.21. The molecular formula is C22H28N6O2. The summed E-state index contributed by atoms with van der Waals surface area (Å²) in [5.41, 5.74) is 4.87. The molecule has 0 aliphatic carbocycles. The lowest BCUT2D eigenvalue weighted by atomic mass is 10.1. The van der Waals surface area contributed by atoms with Crippen LogP contribution in [0.3, 0.4) is 0 Å². The fraction of sp³-hybridized carbons (Fsp3) is 0.455. The van der Waals surface area contributed by atoms with E-state index >= 15 is 0 Å². The van der Waals surface area contributed by atoms with Crippen LogP contribution in [0.1, 0.15) is 47.7 Å². The number of pyridine rings is 1. The van der Waals surface area contributed by atoms with Crippen LogP contribution in [0.15, 0.2) is 29.2 Å². The van der Waals surface area contributed by atoms with Crippen molar-refractivity contribution in [3.63, 3.8) is 0 Å². The Labute approximate surface area is 175 Å². The van der Waals surface area contributed by atoms with Crippen molar-refractivity contribution in [3.8, 4) is 0 Å². The number of carbonyl (C=O) groups excluding carboxylic acids is 1. The van der Waals surface area contributed by atoms with Crippen LogP contribution in [0.25, 0.3) is 5.65 Å². The number of ketones is 1. The summed E-state index contributed by atoms with van der Waals surface area (Å²) in [6, 6.07) is 5.86. The number of fused-ring (bicyclic) bond motifs is 1. The van der Waals surface area contributed by atoms with Gasteiger partial charge in [0.05, 0.1) is 11.4 Å². The van der Waals surface area contributed by atoms with Gasteiger partial charge in [0, 0.05) is 45.3 Å². The molecule has 3 aromatic heterocycles. The van der Waals surface area contributed by atoms with Gasteiger partial charge in [-0.2, -0.15) is 5.10 Å². The molecule has 4 heterocycles. The number of nitrogens with zero attached hydrogens (tertiary/aromatic N) is 5. The van der Waals surface area contributed by atoms with Crippen molar-refractivity contribution in [2.24, 2.45) is 0 Å². The quantitative estimate of drug-likeness (QED) is 0.630. The van der Waals surface area contributed by atoms with Gasteiger partial charge < -0.3 is 9.88 Å². The first-order chi connectivity index (χ1) is 14.5. The molecule has 0 aromatic carbocycles. The number of piperazine rings is 1. The summed E-state index contributed by atoms with van der Waals surface area (Å²) in [5, 5.41) is 4.41. The Morgan fingerprint density at radius 2 is 1.93 bits per heavy atom. The number of aromatic nitrogens is 4. The fourth-order valence-corrected chi connectivity index (χ4v) is 3.99. The lowest BCUT2D eigenvalue weighted by molar-refractivity contribution is 0.0983. The molecule has 0 spiro atoms. The third kappa shape index (κ3) is 4.00. The van der Waals surface area contributed by atoms with Gasteiger partial charge in [0.25, 0.3) is 5.56 Å². The lowest BCUT2D eigenvalue weighted by Crippen LogP contribution is -2.46. The molecule has 1 N–H and O–H groups in total. The van der Waals surface area contributed by atoms with Gasteiger partial charge in [-0.25, -0.2) is 9.50 Å². The lowest BCUT2D eigenvalue weighted by Gasteiger charge is -2.36. The number of Topliss-reactive ketones (excluding diaryl/α,β-unsaturated/α-hetero) is 1. The Morgan fingerprint density at radius 3 is 2.60 bits per heavy atom. The van der Waals surface area contributed by atoms with E-state index in [0.717, 1.165) is 55.3 Å². The van der Waals surface area contributed by atoms with E-state index in [1.807, 2.05) is 45.2 Å². The Hall–Kier alpha value is -3.00. The van der Waals surface area contributed by atoms with E-state index in [-0.39, 0.29) is 11.3 Å². The molecule has 0 saturated carbocycles. The van der Waals surface area contributed by atoms with Crippen molar-refractivity contribution in [3.05, 3.63) is 57.4 Å². The molecule has 1 fully saturated rings. The average Bonchev–Trinajstić information content (AvgIpc) is 3.14. The number of aromatic amines is 1. The van der Waals surface area contributed by atoms with E-state index in [9.17, 15) is 9.59 Å². The summed E-state index contributed by atoms with van der Waals surface area (Å²) in [4.78, 5) is 36.0. The van der Waals surface area contributed by atoms with Gasteiger partial charge in [0.2, 0.25) is 0 Å². The first kappa shape index (κ1) is 20.3. The number of carbonyl (C=O) groups is 1. The maximum atomic E-state index is 12.0. The Morgan fingerprint density at radius 1 is 1.17 bits per heavy atom. The van der Waals surface area contributed by atoms with Crippen LogP contribution in [0.5, 0.6) is 0 Å². The predicted octanol–water partition coefficient (Wildman–Crippen LogP) is 2.20. The third-order valence-electron chi connectivity index (χ3n) is 5.71. The Balaban J connectivity index is 1.41. The van der Waals surface area contributed by atoms with Crippen LogP contribution in [0, 0.1) is 6.92 Å². The average molecular weight is 409 g/mol. The zero-order chi connectivity index (χ0) is 21.3. The van der Waals surface area contributed by atoms with E-state index in [1.165, 1.54) is 0 Å². The van der Waals surface area contributed by atoms with Gasteiger partial charge in [-0.1, -0.05) is 13.8 Å². The van der Waals surface area contributed by atoms with E-state index in [1.54, 1.807) is 4.52 Å². The maximum Gasteiger partial charge on any atom is 0.273 e. The maximum absolute atomic E-state index is 12.0. The number of hydrogen-bond acceptors (Lipinski definition) is 6. The van der Waals surface area contributed by atoms with Gasteiger partial charge >= 0.3 is 0 Å². The van der Waals surface area contributed by atoms with Crippen molar-refractivity contribution >= 4 is 17.1 Å². The first-order valence-electron chi connectivity index (χ1n) is 10.6. The SMILES string of the molecule is CCC(=O)c1ccc(N2CCN(Cc3cc4[nH]c(=O)c(CC)nn4c3)CC2)c(C)n1. The summed E-state index contributed by atoms with van der Waals surface area (Å²) in [6.07, 6.45) is 3.08. The van der Waals surface area contributed by atoms with Crippen molar-refractivity contribution in [1.29, 1.82) is 0 Å². The molecule has 1 aliphatic heterocycles. The van der Waals surface area contributed by atoms with Gasteiger partial charge in [-0.3, -0.25) is 14.5 Å². The normalized spacial score (nSPS) is 15.1. The van der Waals surface area contributed by atoms with Crippen molar-refractivity contribution < 1.29 is 4.79 Å². The molecule has 1 aliphatic rings. The minimum absolute atomic E-state index is 0.0799. The van der Waals surface area contributed by atoms with Crippen LogP contribution in [0.2, 0.25) is 0 Å². The summed E-state index contributed by atoms with van der Waals surface area (Å²) in [5.74, 6) is 0.0799. The zero-order valence-corrected chi connectivity index (χ0v) is 17.8. The van der Waals surface area contributed by atoms with E-state index in [2.05, 4.69) is 24.9 Å². The first-order valence-corrected chi connectivity index (χ1v) is 10.6. The molecule has 0 bridgehead atoms. The van der Waals surface area contributed by atoms with Crippen LogP contribution in [0.4, 0.5) is 5.69 Å². The molecule has 3 aromatic rings. The van der Waals surface area contributed by atoms with Gasteiger partial charge in [-0.15, -0.1) is 0 Å². The number of anilines is 1. The Kier molecular flexibility index (Phi) is 5.67. The van der Waals surface area contributed by atoms with Crippen molar-refractivity contribution in [2.75, 3.05) is 31.1 Å². The van der Waals surface area contributed by atoms with Gasteiger partial charge in [0.15, 0.2) is 5.78 Å². The second kappa shape index (κ2) is 8.39. The summed E-state index contributed by atoms with van der Waals surface area (Å²) < 4.78 is 1.76. The minimum atomic E-state index is -0.112. The van der Waals surface area contributed by atoms with Crippen LogP contribution >= 0.6 is 0 Å². The standard InChI is InChI=1S/C22H28N6O2/c1-4-17-22(30)24-21-12-16(14-28(21)25-17)13-26-8-10-27(11-9-26)19-7-6-18(20(29)5-2)23-15(19)3/h6-7,12,14H,4-5,8-11,13H2,1-3H3,(H,24,30). The number of H-pyrrole nitrogens is 1. The number of hydrogen-bond donors (Lipinski definition) is 1. The molecule has 0 radical (unpaired) electrons. The second-order valence-corrected chi connectivity index (χ2v) is 7.77. The van der Waals surface area contributed by atoms with Gasteiger partial charge in [-0.05, 0) is 37.1 Å². The highest BCUT2D eigenvalue weighted by molar-refractivity contribution is 5.94. The van der Waals surface area contributed by atoms with Crippen LogP contribution in [-0.2, 0) is 13.0 Å². The highest BCUT2D eigenvalue weighted by atomic mass is 16.1. The molecule has 0 unspecified atom stereocenters. The molecule has 8 nitrogen and oxygen atoms in total. The number of aryl methyl sites for hydroxylation is 2. The monoisotopic (exact) mass is 408 g/mol. The highest BCUT2D eigenvalue weighted by Gasteiger charge is 2.20. The zero-order valence-electron chi connectivity index (χ0n) is 17.8. The van der Waals surface area contributed by atoms with Gasteiger partial charge in [0.1, 0.15) is 17.0 Å². The number of rotatable bonds is 6. The third-order valence-corrected chi connectivity index (χ3v) is 5.71. The van der Waals surface area contributed by atoms with Crippen molar-refractivity contribution in [2.45, 2.75) is 40.2 Å². The molecule has 8 heteroatoms. The van der Waals surface area contributed by atoms with E-state index < -0.39 is 0 Å². The van der Waals surface area contributed by atoms with E-state index in [4.69, 9.17) is 0 Å². The molecule has 0 amide bonds. The molecule has 0 atom stereocenters. The molecule has 158 valence electrons. The summed E-state index contributed by atoms with van der Waals surface area (Å²) >= 11 is 0. The Bertz CT molecular complexity index is 1120. The smallest absolute Gasteiger partial charge is 0.273 e. The predicted molar refractivity (Wildman–Crippen MR) is 116 cm³/mol.